The van der Waals surface area contributed by atoms with Crippen LogP contribution in [-0.4, -0.2) is 21.8 Å². The van der Waals surface area contributed by atoms with E-state index in [0.717, 1.165) is 12.0 Å². The summed E-state index contributed by atoms with van der Waals surface area (Å²) in [6.45, 7) is 2.93. The van der Waals surface area contributed by atoms with Crippen LogP contribution in [0, 0.1) is 0 Å². The molecule has 0 unspecified atom stereocenters. The minimum Gasteiger partial charge on any atom is -0.490 e. The van der Waals surface area contributed by atoms with Crippen LogP contribution in [0.25, 0.3) is 11.4 Å². The molecule has 0 amide bonds. The van der Waals surface area contributed by atoms with Gasteiger partial charge in [0, 0.05) is 11.1 Å². The highest BCUT2D eigenvalue weighted by molar-refractivity contribution is 6.67. The molecule has 2 rings (SSSR count). The van der Waals surface area contributed by atoms with Crippen molar-refractivity contribution >= 4 is 16.8 Å². The first-order valence-electron chi connectivity index (χ1n) is 8.96. The molecule has 134 valence electrons. The van der Waals surface area contributed by atoms with Crippen LogP contribution in [0.15, 0.2) is 36.7 Å². The van der Waals surface area contributed by atoms with Crippen molar-refractivity contribution in [2.45, 2.75) is 51.9 Å². The van der Waals surface area contributed by atoms with Gasteiger partial charge in [0.25, 0.3) is 5.24 Å². The number of carbonyl (C=O) groups is 1. The quantitative estimate of drug-likeness (QED) is 0.383. The molecule has 4 nitrogen and oxygen atoms in total. The van der Waals surface area contributed by atoms with Crippen LogP contribution in [0.4, 0.5) is 0 Å². The molecule has 0 fully saturated rings. The molecule has 0 aliphatic rings. The SMILES string of the molecule is CCCCCCCCCOc1cnc(-c2ccc(C(=O)Cl)cc2)nc1. The number of benzene rings is 1. The molecule has 0 aliphatic heterocycles. The van der Waals surface area contributed by atoms with Crippen molar-refractivity contribution in [3.8, 4) is 17.1 Å². The van der Waals surface area contributed by atoms with E-state index >= 15 is 0 Å². The first-order valence-corrected chi connectivity index (χ1v) is 9.33. The van der Waals surface area contributed by atoms with Crippen LogP contribution in [0.3, 0.4) is 0 Å². The zero-order valence-electron chi connectivity index (χ0n) is 14.7. The van der Waals surface area contributed by atoms with E-state index < -0.39 is 5.24 Å². The van der Waals surface area contributed by atoms with Crippen molar-refractivity contribution in [1.29, 1.82) is 0 Å². The summed E-state index contributed by atoms with van der Waals surface area (Å²) in [7, 11) is 0. The van der Waals surface area contributed by atoms with Crippen molar-refractivity contribution in [3.63, 3.8) is 0 Å². The van der Waals surface area contributed by atoms with E-state index in [2.05, 4.69) is 16.9 Å². The molecule has 0 N–H and O–H groups in total. The largest absolute Gasteiger partial charge is 0.490 e. The minimum absolute atomic E-state index is 0.458. The van der Waals surface area contributed by atoms with Gasteiger partial charge in [-0.25, -0.2) is 9.97 Å². The van der Waals surface area contributed by atoms with Gasteiger partial charge in [-0.3, -0.25) is 4.79 Å². The molecule has 5 heteroatoms. The van der Waals surface area contributed by atoms with E-state index in [9.17, 15) is 4.79 Å². The van der Waals surface area contributed by atoms with Gasteiger partial charge in [-0.05, 0) is 30.2 Å². The molecule has 0 spiro atoms. The number of halogens is 1. The number of aromatic nitrogens is 2. The van der Waals surface area contributed by atoms with Crippen LogP contribution in [0.1, 0.15) is 62.2 Å². The number of nitrogens with zero attached hydrogens (tertiary/aromatic N) is 2. The third-order valence-corrected chi connectivity index (χ3v) is 4.23. The van der Waals surface area contributed by atoms with Crippen molar-refractivity contribution in [3.05, 3.63) is 42.2 Å². The summed E-state index contributed by atoms with van der Waals surface area (Å²) >= 11 is 5.44. The van der Waals surface area contributed by atoms with Crippen LogP contribution in [0.5, 0.6) is 5.75 Å². The number of hydrogen-bond donors (Lipinski definition) is 0. The predicted molar refractivity (Wildman–Crippen MR) is 101 cm³/mol. The molecule has 25 heavy (non-hydrogen) atoms. The second-order valence-corrected chi connectivity index (χ2v) is 6.41. The Morgan fingerprint density at radius 1 is 0.960 bits per heavy atom. The Labute approximate surface area is 154 Å². The second-order valence-electron chi connectivity index (χ2n) is 6.06. The normalized spacial score (nSPS) is 10.6. The number of ether oxygens (including phenoxy) is 1. The zero-order chi connectivity index (χ0) is 17.9. The van der Waals surface area contributed by atoms with Gasteiger partial charge in [-0.1, -0.05) is 57.6 Å². The van der Waals surface area contributed by atoms with Gasteiger partial charge in [0.05, 0.1) is 19.0 Å². The molecular formula is C20H25ClN2O2. The van der Waals surface area contributed by atoms with Gasteiger partial charge < -0.3 is 4.74 Å². The molecule has 0 saturated carbocycles. The lowest BCUT2D eigenvalue weighted by atomic mass is 10.1. The Morgan fingerprint density at radius 3 is 2.16 bits per heavy atom. The van der Waals surface area contributed by atoms with Gasteiger partial charge in [0.1, 0.15) is 0 Å². The van der Waals surface area contributed by atoms with Crippen molar-refractivity contribution in [2.24, 2.45) is 0 Å². The highest BCUT2D eigenvalue weighted by atomic mass is 35.5. The summed E-state index contributed by atoms with van der Waals surface area (Å²) in [5.74, 6) is 1.28. The van der Waals surface area contributed by atoms with Gasteiger partial charge in [0.2, 0.25) is 0 Å². The number of hydrogen-bond acceptors (Lipinski definition) is 4. The van der Waals surface area contributed by atoms with E-state index in [1.165, 1.54) is 38.5 Å². The molecule has 0 saturated heterocycles. The average molecular weight is 361 g/mol. The smallest absolute Gasteiger partial charge is 0.252 e. The van der Waals surface area contributed by atoms with Gasteiger partial charge in [-0.15, -0.1) is 0 Å². The lowest BCUT2D eigenvalue weighted by Crippen LogP contribution is -1.99. The van der Waals surface area contributed by atoms with Crippen LogP contribution < -0.4 is 4.74 Å². The minimum atomic E-state index is -0.471. The fourth-order valence-electron chi connectivity index (χ4n) is 2.54. The van der Waals surface area contributed by atoms with Crippen molar-refractivity contribution < 1.29 is 9.53 Å². The lowest BCUT2D eigenvalue weighted by Gasteiger charge is -2.06. The highest BCUT2D eigenvalue weighted by Crippen LogP contribution is 2.18. The van der Waals surface area contributed by atoms with Gasteiger partial charge in [-0.2, -0.15) is 0 Å². The maximum absolute atomic E-state index is 11.1. The van der Waals surface area contributed by atoms with E-state index in [0.29, 0.717) is 23.7 Å². The van der Waals surface area contributed by atoms with E-state index in [4.69, 9.17) is 16.3 Å². The van der Waals surface area contributed by atoms with Crippen molar-refractivity contribution in [1.82, 2.24) is 9.97 Å². The third kappa shape index (κ3) is 6.83. The average Bonchev–Trinajstić information content (AvgIpc) is 2.64. The van der Waals surface area contributed by atoms with E-state index in [-0.39, 0.29) is 0 Å². The topological polar surface area (TPSA) is 52.1 Å². The first-order chi connectivity index (χ1) is 12.2. The summed E-state index contributed by atoms with van der Waals surface area (Å²) in [6, 6.07) is 6.89. The maximum atomic E-state index is 11.1. The summed E-state index contributed by atoms with van der Waals surface area (Å²) < 4.78 is 5.69. The van der Waals surface area contributed by atoms with Crippen molar-refractivity contribution in [2.75, 3.05) is 6.61 Å². The molecule has 1 heterocycles. The van der Waals surface area contributed by atoms with Crippen LogP contribution in [0.2, 0.25) is 0 Å². The summed E-state index contributed by atoms with van der Waals surface area (Å²) in [5, 5.41) is -0.471. The Bertz CT molecular complexity index is 642. The molecule has 0 atom stereocenters. The summed E-state index contributed by atoms with van der Waals surface area (Å²) in [6.07, 6.45) is 12.2. The molecule has 0 bridgehead atoms. The Morgan fingerprint density at radius 2 is 1.56 bits per heavy atom. The lowest BCUT2D eigenvalue weighted by molar-refractivity contribution is 0.108. The van der Waals surface area contributed by atoms with E-state index in [1.54, 1.807) is 36.7 Å². The molecule has 0 aliphatic carbocycles. The van der Waals surface area contributed by atoms with Gasteiger partial charge in [0.15, 0.2) is 11.6 Å². The van der Waals surface area contributed by atoms with Crippen LogP contribution in [-0.2, 0) is 0 Å². The molecule has 2 aromatic rings. The van der Waals surface area contributed by atoms with Crippen LogP contribution >= 0.6 is 11.6 Å². The molecular weight excluding hydrogens is 336 g/mol. The molecule has 1 aromatic heterocycles. The van der Waals surface area contributed by atoms with Gasteiger partial charge >= 0.3 is 0 Å². The van der Waals surface area contributed by atoms with E-state index in [1.807, 2.05) is 0 Å². The summed E-state index contributed by atoms with van der Waals surface area (Å²) in [5.41, 5.74) is 1.29. The fraction of sp³-hybridized carbons (Fsp3) is 0.450. The molecule has 1 aromatic carbocycles. The Kier molecular flexibility index (Phi) is 8.40. The monoisotopic (exact) mass is 360 g/mol. The predicted octanol–water partition coefficient (Wildman–Crippen LogP) is 5.65. The standard InChI is InChI=1S/C20H25ClN2O2/c1-2-3-4-5-6-7-8-13-25-18-14-22-20(23-15-18)17-11-9-16(10-12-17)19(21)24/h9-12,14-15H,2-8,13H2,1H3. The maximum Gasteiger partial charge on any atom is 0.252 e. The highest BCUT2D eigenvalue weighted by Gasteiger charge is 2.05. The number of unbranched alkanes of at least 4 members (excludes halogenated alkanes) is 6. The summed E-state index contributed by atoms with van der Waals surface area (Å²) in [4.78, 5) is 19.7. The zero-order valence-corrected chi connectivity index (χ0v) is 15.5. The number of carbonyl (C=O) groups excluding carboxylic acids is 1. The first kappa shape index (κ1) is 19.4. The Balaban J connectivity index is 1.73. The fourth-order valence-corrected chi connectivity index (χ4v) is 2.67. The second kappa shape index (κ2) is 10.8. The third-order valence-electron chi connectivity index (χ3n) is 4.01. The molecule has 0 radical (unpaired) electrons. The number of rotatable bonds is 11. The Hall–Kier alpha value is -1.94.